The van der Waals surface area contributed by atoms with Gasteiger partial charge in [0.2, 0.25) is 0 Å². The average molecular weight is 293 g/mol. The SMILES string of the molecule is CN(CC1CC(O)C1)C(=O)Nc1ccc(CC(=O)O)nc1. The van der Waals surface area contributed by atoms with Gasteiger partial charge in [-0.1, -0.05) is 0 Å². The maximum Gasteiger partial charge on any atom is 0.321 e. The first-order valence-electron chi connectivity index (χ1n) is 6.81. The summed E-state index contributed by atoms with van der Waals surface area (Å²) in [6.07, 6.45) is 2.55. The van der Waals surface area contributed by atoms with Crippen molar-refractivity contribution in [1.82, 2.24) is 9.88 Å². The molecule has 1 saturated carbocycles. The first kappa shape index (κ1) is 15.2. The molecule has 1 aromatic heterocycles. The van der Waals surface area contributed by atoms with Gasteiger partial charge in [0, 0.05) is 13.6 Å². The molecule has 7 heteroatoms. The highest BCUT2D eigenvalue weighted by Gasteiger charge is 2.29. The Bertz CT molecular complexity index is 511. The number of anilines is 1. The van der Waals surface area contributed by atoms with Gasteiger partial charge in [0.15, 0.2) is 0 Å². The van der Waals surface area contributed by atoms with Crippen LogP contribution in [-0.2, 0) is 11.2 Å². The summed E-state index contributed by atoms with van der Waals surface area (Å²) in [5.41, 5.74) is 0.965. The number of carboxylic acid groups (broad SMARTS) is 1. The molecule has 0 spiro atoms. The van der Waals surface area contributed by atoms with Gasteiger partial charge in [-0.15, -0.1) is 0 Å². The predicted molar refractivity (Wildman–Crippen MR) is 76.0 cm³/mol. The molecule has 3 N–H and O–H groups in total. The standard InChI is InChI=1S/C14H19N3O4/c1-17(8-9-4-12(18)5-9)14(21)16-11-3-2-10(15-7-11)6-13(19)20/h2-3,7,9,12,18H,4-6,8H2,1H3,(H,16,21)(H,19,20). The fraction of sp³-hybridized carbons (Fsp3) is 0.500. The fourth-order valence-corrected chi connectivity index (χ4v) is 2.30. The van der Waals surface area contributed by atoms with E-state index in [0.717, 1.165) is 12.8 Å². The molecule has 0 aromatic carbocycles. The fourth-order valence-electron chi connectivity index (χ4n) is 2.30. The van der Waals surface area contributed by atoms with Crippen molar-refractivity contribution < 1.29 is 19.8 Å². The highest BCUT2D eigenvalue weighted by Crippen LogP contribution is 2.27. The number of nitrogens with zero attached hydrogens (tertiary/aromatic N) is 2. The molecule has 2 rings (SSSR count). The highest BCUT2D eigenvalue weighted by atomic mass is 16.4. The monoisotopic (exact) mass is 293 g/mol. The van der Waals surface area contributed by atoms with Crippen LogP contribution in [0.5, 0.6) is 0 Å². The molecule has 0 bridgehead atoms. The number of amides is 2. The maximum absolute atomic E-state index is 12.0. The summed E-state index contributed by atoms with van der Waals surface area (Å²) < 4.78 is 0. The molecule has 0 saturated heterocycles. The normalized spacial score (nSPS) is 20.5. The van der Waals surface area contributed by atoms with Crippen molar-refractivity contribution in [3.8, 4) is 0 Å². The van der Waals surface area contributed by atoms with Crippen LogP contribution < -0.4 is 5.32 Å². The second-order valence-electron chi connectivity index (χ2n) is 5.41. The molecule has 0 aliphatic heterocycles. The third-order valence-electron chi connectivity index (χ3n) is 3.50. The van der Waals surface area contributed by atoms with Gasteiger partial charge >= 0.3 is 12.0 Å². The van der Waals surface area contributed by atoms with Gasteiger partial charge in [-0.3, -0.25) is 9.78 Å². The van der Waals surface area contributed by atoms with Gasteiger partial charge in [0.1, 0.15) is 0 Å². The van der Waals surface area contributed by atoms with Gasteiger partial charge < -0.3 is 20.4 Å². The Hall–Kier alpha value is -2.15. The van der Waals surface area contributed by atoms with Crippen LogP contribution in [0.2, 0.25) is 0 Å². The molecule has 0 atom stereocenters. The molecule has 1 aliphatic rings. The van der Waals surface area contributed by atoms with Gasteiger partial charge in [-0.2, -0.15) is 0 Å². The van der Waals surface area contributed by atoms with Crippen molar-refractivity contribution in [3.05, 3.63) is 24.0 Å². The van der Waals surface area contributed by atoms with Crippen molar-refractivity contribution in [1.29, 1.82) is 0 Å². The number of rotatable bonds is 5. The summed E-state index contributed by atoms with van der Waals surface area (Å²) in [5.74, 6) is -0.589. The van der Waals surface area contributed by atoms with Gasteiger partial charge in [-0.25, -0.2) is 4.79 Å². The minimum atomic E-state index is -0.943. The Labute approximate surface area is 122 Å². The quantitative estimate of drug-likeness (QED) is 0.750. The summed E-state index contributed by atoms with van der Waals surface area (Å²) in [6.45, 7) is 0.605. The molecule has 7 nitrogen and oxygen atoms in total. The first-order chi connectivity index (χ1) is 9.94. The number of aliphatic carboxylic acids is 1. The second kappa shape index (κ2) is 6.53. The van der Waals surface area contributed by atoms with Crippen LogP contribution in [0.1, 0.15) is 18.5 Å². The van der Waals surface area contributed by atoms with Gasteiger partial charge in [0.25, 0.3) is 0 Å². The number of carbonyl (C=O) groups excluding carboxylic acids is 1. The number of nitrogens with one attached hydrogen (secondary N) is 1. The van der Waals surface area contributed by atoms with E-state index < -0.39 is 5.97 Å². The van der Waals surface area contributed by atoms with Gasteiger partial charge in [0.05, 0.1) is 30.1 Å². The molecule has 1 aromatic rings. The summed E-state index contributed by atoms with van der Waals surface area (Å²) in [4.78, 5) is 28.1. The van der Waals surface area contributed by atoms with E-state index in [1.165, 1.54) is 6.20 Å². The predicted octanol–water partition coefficient (Wildman–Crippen LogP) is 0.943. The lowest BCUT2D eigenvalue weighted by molar-refractivity contribution is -0.136. The lowest BCUT2D eigenvalue weighted by Crippen LogP contribution is -2.41. The van der Waals surface area contributed by atoms with E-state index in [1.807, 2.05) is 0 Å². The van der Waals surface area contributed by atoms with Gasteiger partial charge in [-0.05, 0) is 30.9 Å². The number of aliphatic hydroxyl groups excluding tert-OH is 1. The maximum atomic E-state index is 12.0. The molecule has 2 amide bonds. The number of carbonyl (C=O) groups is 2. The molecule has 1 heterocycles. The number of carboxylic acids is 1. The molecule has 21 heavy (non-hydrogen) atoms. The van der Waals surface area contributed by atoms with Crippen LogP contribution in [0.25, 0.3) is 0 Å². The van der Waals surface area contributed by atoms with Crippen LogP contribution in [0.4, 0.5) is 10.5 Å². The minimum Gasteiger partial charge on any atom is -0.481 e. The Morgan fingerprint density at radius 2 is 2.14 bits per heavy atom. The molecule has 0 unspecified atom stereocenters. The third kappa shape index (κ3) is 4.42. The number of pyridine rings is 1. The van der Waals surface area contributed by atoms with E-state index in [4.69, 9.17) is 5.11 Å². The topological polar surface area (TPSA) is 103 Å². The Balaban J connectivity index is 1.82. The summed E-state index contributed by atoms with van der Waals surface area (Å²) in [7, 11) is 1.70. The summed E-state index contributed by atoms with van der Waals surface area (Å²) >= 11 is 0. The molecule has 114 valence electrons. The number of hydrogen-bond donors (Lipinski definition) is 3. The van der Waals surface area contributed by atoms with Crippen LogP contribution in [0, 0.1) is 5.92 Å². The van der Waals surface area contributed by atoms with E-state index >= 15 is 0 Å². The number of hydrogen-bond acceptors (Lipinski definition) is 4. The van der Waals surface area contributed by atoms with E-state index in [9.17, 15) is 14.7 Å². The molecule has 1 aliphatic carbocycles. The lowest BCUT2D eigenvalue weighted by Gasteiger charge is -2.34. The van der Waals surface area contributed by atoms with Crippen LogP contribution >= 0.6 is 0 Å². The zero-order chi connectivity index (χ0) is 15.4. The number of urea groups is 1. The first-order valence-corrected chi connectivity index (χ1v) is 6.81. The summed E-state index contributed by atoms with van der Waals surface area (Å²) in [6, 6.07) is 2.96. The molecule has 1 fully saturated rings. The largest absolute Gasteiger partial charge is 0.481 e. The Morgan fingerprint density at radius 1 is 1.43 bits per heavy atom. The Kier molecular flexibility index (Phi) is 4.74. The average Bonchev–Trinajstić information content (AvgIpc) is 2.38. The van der Waals surface area contributed by atoms with E-state index in [2.05, 4.69) is 10.3 Å². The lowest BCUT2D eigenvalue weighted by atomic mass is 9.82. The van der Waals surface area contributed by atoms with Crippen molar-refractivity contribution in [2.24, 2.45) is 5.92 Å². The Morgan fingerprint density at radius 3 is 2.67 bits per heavy atom. The smallest absolute Gasteiger partial charge is 0.321 e. The zero-order valence-electron chi connectivity index (χ0n) is 11.8. The van der Waals surface area contributed by atoms with E-state index in [1.54, 1.807) is 24.1 Å². The van der Waals surface area contributed by atoms with Crippen molar-refractivity contribution in [2.75, 3.05) is 18.9 Å². The van der Waals surface area contributed by atoms with E-state index in [-0.39, 0.29) is 18.6 Å². The molecular weight excluding hydrogens is 274 g/mol. The summed E-state index contributed by atoms with van der Waals surface area (Å²) in [5, 5.41) is 20.6. The van der Waals surface area contributed by atoms with Crippen molar-refractivity contribution in [3.63, 3.8) is 0 Å². The third-order valence-corrected chi connectivity index (χ3v) is 3.50. The minimum absolute atomic E-state index is 0.141. The van der Waals surface area contributed by atoms with Crippen LogP contribution in [0.15, 0.2) is 18.3 Å². The zero-order valence-corrected chi connectivity index (χ0v) is 11.8. The number of aliphatic hydroxyl groups is 1. The van der Waals surface area contributed by atoms with Crippen LogP contribution in [-0.4, -0.2) is 51.8 Å². The highest BCUT2D eigenvalue weighted by molar-refractivity contribution is 5.88. The van der Waals surface area contributed by atoms with Crippen LogP contribution in [0.3, 0.4) is 0 Å². The number of aromatic nitrogens is 1. The second-order valence-corrected chi connectivity index (χ2v) is 5.41. The van der Waals surface area contributed by atoms with E-state index in [0.29, 0.717) is 23.8 Å². The van der Waals surface area contributed by atoms with Crippen molar-refractivity contribution >= 4 is 17.7 Å². The molecule has 0 radical (unpaired) electrons. The van der Waals surface area contributed by atoms with Crippen molar-refractivity contribution in [2.45, 2.75) is 25.4 Å². The molecular formula is C14H19N3O4.